The first kappa shape index (κ1) is 35.0. The normalized spacial score (nSPS) is 14.0. The summed E-state index contributed by atoms with van der Waals surface area (Å²) in [5, 5.41) is 21.8. The van der Waals surface area contributed by atoms with Gasteiger partial charge in [-0.15, -0.1) is 0 Å². The first-order valence-corrected chi connectivity index (χ1v) is 13.7. The van der Waals surface area contributed by atoms with Gasteiger partial charge in [0.25, 0.3) is 5.91 Å². The van der Waals surface area contributed by atoms with E-state index in [0.29, 0.717) is 6.42 Å². The summed E-state index contributed by atoms with van der Waals surface area (Å²) in [6.07, 6.45) is 0.404. The molecule has 9 N–H and O–H groups in total. The van der Waals surface area contributed by atoms with Gasteiger partial charge in [0.15, 0.2) is 6.04 Å². The Hall–Kier alpha value is -4.00. The van der Waals surface area contributed by atoms with Crippen molar-refractivity contribution in [2.75, 3.05) is 13.1 Å². The third-order valence-electron chi connectivity index (χ3n) is 6.31. The van der Waals surface area contributed by atoms with Crippen molar-refractivity contribution in [1.82, 2.24) is 26.6 Å². The monoisotopic (exact) mass is 577 g/mol. The molecule has 0 bridgehead atoms. The van der Waals surface area contributed by atoms with Crippen LogP contribution in [0.5, 0.6) is 0 Å². The molecular weight excluding hydrogens is 532 g/mol. The molecule has 0 heterocycles. The van der Waals surface area contributed by atoms with Crippen LogP contribution in [0.1, 0.15) is 47.1 Å². The van der Waals surface area contributed by atoms with Gasteiger partial charge in [0.1, 0.15) is 18.1 Å². The lowest BCUT2D eigenvalue weighted by Gasteiger charge is -2.25. The van der Waals surface area contributed by atoms with Crippen LogP contribution >= 0.6 is 0 Å². The molecule has 0 saturated heterocycles. The van der Waals surface area contributed by atoms with E-state index in [9.17, 15) is 33.9 Å². The Kier molecular flexibility index (Phi) is 14.5. The molecule has 0 aliphatic carbocycles. The Balaban J connectivity index is 2.59. The van der Waals surface area contributed by atoms with Crippen molar-refractivity contribution >= 4 is 35.5 Å². The van der Waals surface area contributed by atoms with Crippen molar-refractivity contribution in [2.24, 2.45) is 17.8 Å². The van der Waals surface area contributed by atoms with Gasteiger partial charge in [-0.1, -0.05) is 71.9 Å². The highest BCUT2D eigenvalue weighted by Gasteiger charge is 2.31. The number of nitrogens with one attached hydrogen (secondary N) is 5. The van der Waals surface area contributed by atoms with Crippen molar-refractivity contribution in [2.45, 2.75) is 72.1 Å². The van der Waals surface area contributed by atoms with E-state index < -0.39 is 72.8 Å². The van der Waals surface area contributed by atoms with E-state index in [1.165, 1.54) is 0 Å². The van der Waals surface area contributed by atoms with Gasteiger partial charge in [0.2, 0.25) is 23.6 Å². The molecule has 1 rings (SSSR count). The summed E-state index contributed by atoms with van der Waals surface area (Å²) < 4.78 is 0. The predicted octanol–water partition coefficient (Wildman–Crippen LogP) is -1.42. The van der Waals surface area contributed by atoms with Gasteiger partial charge >= 0.3 is 5.97 Å². The van der Waals surface area contributed by atoms with Crippen LogP contribution in [0.4, 0.5) is 0 Å². The highest BCUT2D eigenvalue weighted by atomic mass is 16.4. The zero-order valence-corrected chi connectivity index (χ0v) is 24.7. The summed E-state index contributed by atoms with van der Waals surface area (Å²) in [7, 11) is 0. The van der Waals surface area contributed by atoms with E-state index >= 15 is 0 Å². The van der Waals surface area contributed by atoms with E-state index in [-0.39, 0.29) is 17.8 Å². The summed E-state index contributed by atoms with van der Waals surface area (Å²) in [4.78, 5) is 74.1. The van der Waals surface area contributed by atoms with Crippen LogP contribution in [-0.4, -0.2) is 77.9 Å². The molecule has 4 atom stereocenters. The average Bonchev–Trinajstić information content (AvgIpc) is 2.90. The van der Waals surface area contributed by atoms with Crippen molar-refractivity contribution in [1.29, 1.82) is 0 Å². The van der Waals surface area contributed by atoms with E-state index in [4.69, 9.17) is 0 Å². The van der Waals surface area contributed by atoms with Gasteiger partial charge in [-0.05, 0) is 23.3 Å². The number of hydrogen-bond acceptors (Lipinski definition) is 6. The fourth-order valence-electron chi connectivity index (χ4n) is 3.83. The maximum absolute atomic E-state index is 12.7. The van der Waals surface area contributed by atoms with Crippen LogP contribution in [0.25, 0.3) is 0 Å². The van der Waals surface area contributed by atoms with Gasteiger partial charge in [-0.3, -0.25) is 24.0 Å². The molecule has 13 nitrogen and oxygen atoms in total. The summed E-state index contributed by atoms with van der Waals surface area (Å²) >= 11 is 0. The number of hydrogen-bond donors (Lipinski definition) is 7. The standard InChI is InChI=1S/C28H44N6O7/c1-15(2)22(33-25(37)19(29)12-18-10-8-7-9-11-18)26(38)31-13-20(35)30-14-21(36)32-23(16(3)4)27(39)34-24(17(5)6)28(40)41/h7-11,15-17,19,22-24H,12-14,29H2,1-6H3,(H,30,35)(H,31,38)(H,32,36)(H,33,37)(H,34,39)(H,40,41)/p+1/t19-,22-,23-,24-/m0/s1. The molecule has 0 aromatic heterocycles. The van der Waals surface area contributed by atoms with Crippen molar-refractivity contribution < 1.29 is 39.6 Å². The lowest BCUT2D eigenvalue weighted by atomic mass is 10.0. The number of carbonyl (C=O) groups excluding carboxylic acids is 5. The molecular formula is C28H45N6O7+. The zero-order valence-electron chi connectivity index (χ0n) is 24.7. The van der Waals surface area contributed by atoms with Crippen molar-refractivity contribution in [3.05, 3.63) is 35.9 Å². The molecule has 1 aromatic rings. The topological polar surface area (TPSA) is 210 Å². The van der Waals surface area contributed by atoms with E-state index in [1.807, 2.05) is 30.3 Å². The maximum atomic E-state index is 12.7. The van der Waals surface area contributed by atoms with Crippen LogP contribution in [0, 0.1) is 17.8 Å². The second kappa shape index (κ2) is 17.0. The van der Waals surface area contributed by atoms with Crippen LogP contribution < -0.4 is 32.3 Å². The highest BCUT2D eigenvalue weighted by molar-refractivity contribution is 5.94. The van der Waals surface area contributed by atoms with Gasteiger partial charge in [-0.25, -0.2) is 4.79 Å². The Morgan fingerprint density at radius 3 is 1.66 bits per heavy atom. The van der Waals surface area contributed by atoms with Crippen molar-refractivity contribution in [3.63, 3.8) is 0 Å². The number of carbonyl (C=O) groups is 6. The number of carboxylic acids is 1. The number of quaternary nitrogens is 1. The van der Waals surface area contributed by atoms with E-state index in [2.05, 4.69) is 32.3 Å². The second-order valence-corrected chi connectivity index (χ2v) is 11.0. The highest BCUT2D eigenvalue weighted by Crippen LogP contribution is 2.07. The molecule has 13 heteroatoms. The minimum absolute atomic E-state index is 0.271. The zero-order chi connectivity index (χ0) is 31.3. The van der Waals surface area contributed by atoms with Crippen LogP contribution in [-0.2, 0) is 35.2 Å². The Labute approximate surface area is 240 Å². The van der Waals surface area contributed by atoms with E-state index in [0.717, 1.165) is 5.56 Å². The number of benzene rings is 1. The third kappa shape index (κ3) is 12.4. The second-order valence-electron chi connectivity index (χ2n) is 11.0. The molecule has 0 saturated carbocycles. The fourth-order valence-corrected chi connectivity index (χ4v) is 3.83. The average molecular weight is 578 g/mol. The van der Waals surface area contributed by atoms with Gasteiger partial charge in [0, 0.05) is 6.42 Å². The van der Waals surface area contributed by atoms with Crippen LogP contribution in [0.3, 0.4) is 0 Å². The molecule has 0 fully saturated rings. The molecule has 0 unspecified atom stereocenters. The van der Waals surface area contributed by atoms with Gasteiger partial charge in [0.05, 0.1) is 13.1 Å². The number of amides is 5. The molecule has 1 aromatic carbocycles. The summed E-state index contributed by atoms with van der Waals surface area (Å²) in [5.74, 6) is -5.11. The minimum Gasteiger partial charge on any atom is -0.480 e. The molecule has 228 valence electrons. The van der Waals surface area contributed by atoms with Crippen LogP contribution in [0.15, 0.2) is 30.3 Å². The van der Waals surface area contributed by atoms with Crippen molar-refractivity contribution in [3.8, 4) is 0 Å². The first-order valence-electron chi connectivity index (χ1n) is 13.7. The first-order chi connectivity index (χ1) is 19.1. The molecule has 41 heavy (non-hydrogen) atoms. The number of rotatable bonds is 16. The SMILES string of the molecule is CC(C)[C@H](NC(=O)[C@@H](NC(=O)CNC(=O)CNC(=O)[C@@H](NC(=O)[C@@H]([NH3+])Cc1ccccc1)C(C)C)C(C)C)C(=O)O. The Morgan fingerprint density at radius 2 is 1.15 bits per heavy atom. The van der Waals surface area contributed by atoms with Gasteiger partial charge < -0.3 is 37.4 Å². The third-order valence-corrected chi connectivity index (χ3v) is 6.31. The quantitative estimate of drug-likeness (QED) is 0.124. The minimum atomic E-state index is -1.19. The lowest BCUT2D eigenvalue weighted by Crippen LogP contribution is -2.70. The molecule has 5 amide bonds. The Morgan fingerprint density at radius 1 is 0.659 bits per heavy atom. The Bertz CT molecular complexity index is 1060. The largest absolute Gasteiger partial charge is 0.480 e. The molecule has 0 aliphatic rings. The summed E-state index contributed by atoms with van der Waals surface area (Å²) in [6.45, 7) is 9.28. The molecule has 0 radical (unpaired) electrons. The van der Waals surface area contributed by atoms with Gasteiger partial charge in [-0.2, -0.15) is 0 Å². The fraction of sp³-hybridized carbons (Fsp3) is 0.571. The smallest absolute Gasteiger partial charge is 0.326 e. The van der Waals surface area contributed by atoms with Crippen LogP contribution in [0.2, 0.25) is 0 Å². The lowest BCUT2D eigenvalue weighted by molar-refractivity contribution is -0.403. The molecule has 0 spiro atoms. The predicted molar refractivity (Wildman–Crippen MR) is 151 cm³/mol. The number of carboxylic acid groups (broad SMARTS) is 1. The summed E-state index contributed by atoms with van der Waals surface area (Å²) in [6, 6.07) is 5.71. The maximum Gasteiger partial charge on any atom is 0.326 e. The summed E-state index contributed by atoms with van der Waals surface area (Å²) in [5.41, 5.74) is 4.83. The van der Waals surface area contributed by atoms with E-state index in [1.54, 1.807) is 41.5 Å². The number of aliphatic carboxylic acids is 1. The molecule has 0 aliphatic heterocycles.